The lowest BCUT2D eigenvalue weighted by atomic mass is 10.0. The molecule has 0 radical (unpaired) electrons. The first-order chi connectivity index (χ1) is 10.4. The van der Waals surface area contributed by atoms with Gasteiger partial charge in [0, 0.05) is 18.6 Å². The molecule has 118 valence electrons. The van der Waals surface area contributed by atoms with E-state index < -0.39 is 12.0 Å². The van der Waals surface area contributed by atoms with Gasteiger partial charge in [0.1, 0.15) is 22.9 Å². The van der Waals surface area contributed by atoms with Crippen molar-refractivity contribution < 1.29 is 14.7 Å². The van der Waals surface area contributed by atoms with E-state index in [-0.39, 0.29) is 17.0 Å². The molecule has 2 aliphatic heterocycles. The number of nitrogens with two attached hydrogens (primary N) is 1. The van der Waals surface area contributed by atoms with E-state index in [0.29, 0.717) is 22.2 Å². The number of thioether (sulfide) groups is 2. The van der Waals surface area contributed by atoms with Crippen LogP contribution in [-0.4, -0.2) is 59.6 Å². The molecule has 2 atom stereocenters. The van der Waals surface area contributed by atoms with E-state index in [1.54, 1.807) is 11.7 Å². The predicted molar refractivity (Wildman–Crippen MR) is 82.2 cm³/mol. The number of carboxylic acids is 1. The van der Waals surface area contributed by atoms with Crippen LogP contribution in [0.1, 0.15) is 5.82 Å². The van der Waals surface area contributed by atoms with Gasteiger partial charge in [0.2, 0.25) is 11.1 Å². The van der Waals surface area contributed by atoms with Gasteiger partial charge in [-0.3, -0.25) is 14.4 Å². The van der Waals surface area contributed by atoms with Gasteiger partial charge in [0.15, 0.2) is 0 Å². The normalized spacial score (nSPS) is 24.3. The highest BCUT2D eigenvalue weighted by atomic mass is 32.2. The maximum absolute atomic E-state index is 11.8. The first-order valence-electron chi connectivity index (χ1n) is 6.56. The second kappa shape index (κ2) is 5.60. The molecule has 0 aliphatic carbocycles. The van der Waals surface area contributed by atoms with Crippen molar-refractivity contribution >= 4 is 35.4 Å². The molecule has 1 aromatic heterocycles. The van der Waals surface area contributed by atoms with Gasteiger partial charge in [-0.15, -0.1) is 16.9 Å². The highest BCUT2D eigenvalue weighted by molar-refractivity contribution is 8.01. The van der Waals surface area contributed by atoms with Gasteiger partial charge < -0.3 is 10.8 Å². The third-order valence-electron chi connectivity index (χ3n) is 3.63. The number of hydrogen-bond acceptors (Lipinski definition) is 7. The molecule has 1 aromatic rings. The number of nitrogens with zero attached hydrogens (tertiary/aromatic N) is 4. The van der Waals surface area contributed by atoms with Crippen molar-refractivity contribution in [2.45, 2.75) is 23.5 Å². The summed E-state index contributed by atoms with van der Waals surface area (Å²) in [6, 6.07) is -0.603. The summed E-state index contributed by atoms with van der Waals surface area (Å²) < 4.78 is 1.67. The number of aliphatic carboxylic acids is 1. The van der Waals surface area contributed by atoms with Crippen LogP contribution >= 0.6 is 23.5 Å². The van der Waals surface area contributed by atoms with Crippen LogP contribution < -0.4 is 5.73 Å². The molecule has 1 amide bonds. The van der Waals surface area contributed by atoms with Gasteiger partial charge in [0.25, 0.3) is 0 Å². The number of aromatic nitrogens is 3. The summed E-state index contributed by atoms with van der Waals surface area (Å²) in [6.07, 6.45) is 0. The summed E-state index contributed by atoms with van der Waals surface area (Å²) in [5.41, 5.74) is 6.48. The van der Waals surface area contributed by atoms with Crippen molar-refractivity contribution in [3.05, 3.63) is 17.1 Å². The molecule has 0 spiro atoms. The van der Waals surface area contributed by atoms with E-state index in [2.05, 4.69) is 10.1 Å². The smallest absolute Gasteiger partial charge is 0.352 e. The van der Waals surface area contributed by atoms with Crippen LogP contribution in [0.25, 0.3) is 0 Å². The van der Waals surface area contributed by atoms with Crippen molar-refractivity contribution in [2.75, 3.05) is 11.5 Å². The molecule has 0 bridgehead atoms. The number of β-lactam (4-membered cyclic amide) rings is 1. The number of hydrogen-bond donors (Lipinski definition) is 2. The zero-order valence-electron chi connectivity index (χ0n) is 12.0. The number of rotatable bonds is 4. The van der Waals surface area contributed by atoms with Gasteiger partial charge in [0.05, 0.1) is 0 Å². The second-order valence-corrected chi connectivity index (χ2v) is 7.09. The molecule has 1 saturated heterocycles. The summed E-state index contributed by atoms with van der Waals surface area (Å²) >= 11 is 2.86. The van der Waals surface area contributed by atoms with E-state index in [1.165, 1.54) is 28.4 Å². The van der Waals surface area contributed by atoms with E-state index >= 15 is 0 Å². The van der Waals surface area contributed by atoms with Crippen LogP contribution in [0.2, 0.25) is 0 Å². The Morgan fingerprint density at radius 1 is 1.59 bits per heavy atom. The molecule has 3 heterocycles. The number of amides is 1. The third kappa shape index (κ3) is 2.40. The van der Waals surface area contributed by atoms with Crippen LogP contribution in [0.15, 0.2) is 16.4 Å². The van der Waals surface area contributed by atoms with Crippen molar-refractivity contribution in [3.63, 3.8) is 0 Å². The molecule has 1 fully saturated rings. The van der Waals surface area contributed by atoms with Crippen molar-refractivity contribution in [1.82, 2.24) is 19.7 Å². The van der Waals surface area contributed by atoms with E-state index in [9.17, 15) is 14.7 Å². The van der Waals surface area contributed by atoms with Crippen LogP contribution in [-0.2, 0) is 16.6 Å². The Bertz CT molecular complexity index is 667. The van der Waals surface area contributed by atoms with Crippen molar-refractivity contribution in [3.8, 4) is 0 Å². The maximum Gasteiger partial charge on any atom is 0.352 e. The average Bonchev–Trinajstić information content (AvgIpc) is 2.81. The van der Waals surface area contributed by atoms with Crippen LogP contribution in [0, 0.1) is 6.92 Å². The minimum absolute atomic E-state index is 0.0654. The van der Waals surface area contributed by atoms with Gasteiger partial charge >= 0.3 is 5.97 Å². The Morgan fingerprint density at radius 3 is 2.91 bits per heavy atom. The summed E-state index contributed by atoms with van der Waals surface area (Å²) in [5.74, 6) is 0.346. The Hall–Kier alpha value is -1.52. The van der Waals surface area contributed by atoms with Crippen molar-refractivity contribution in [2.24, 2.45) is 12.8 Å². The van der Waals surface area contributed by atoms with Gasteiger partial charge in [-0.25, -0.2) is 9.78 Å². The largest absolute Gasteiger partial charge is 0.477 e. The Kier molecular flexibility index (Phi) is 3.91. The lowest BCUT2D eigenvalue weighted by molar-refractivity contribution is -0.147. The van der Waals surface area contributed by atoms with Crippen LogP contribution in [0.3, 0.4) is 0 Å². The molecular weight excluding hydrogens is 326 g/mol. The number of carbonyl (C=O) groups is 2. The highest BCUT2D eigenvalue weighted by Gasteiger charge is 2.51. The van der Waals surface area contributed by atoms with Gasteiger partial charge in [-0.2, -0.15) is 0 Å². The summed E-state index contributed by atoms with van der Waals surface area (Å²) in [7, 11) is 1.80. The van der Waals surface area contributed by atoms with E-state index in [0.717, 1.165) is 5.82 Å². The Labute approximate surface area is 135 Å². The Balaban J connectivity index is 1.81. The number of fused-ring (bicyclic) bond motifs is 1. The fourth-order valence-corrected chi connectivity index (χ4v) is 4.68. The van der Waals surface area contributed by atoms with Gasteiger partial charge in [-0.05, 0) is 12.5 Å². The standard InChI is InChI=1S/C12H15N5O3S2/c1-5-14-12(15-16(5)2)22-4-6-3-21-10-7(13)9(18)17(10)8(6)11(19)20/h7,10H,3-4,13H2,1-2H3,(H,19,20). The average molecular weight is 341 g/mol. The molecule has 10 heteroatoms. The third-order valence-corrected chi connectivity index (χ3v) is 5.91. The first-order valence-corrected chi connectivity index (χ1v) is 8.59. The SMILES string of the molecule is Cc1nc(SCC2=C(C(=O)O)N3C(=O)C(N)C3SC2)nn1C. The van der Waals surface area contributed by atoms with Crippen LogP contribution in [0.5, 0.6) is 0 Å². The van der Waals surface area contributed by atoms with Gasteiger partial charge in [-0.1, -0.05) is 11.8 Å². The minimum Gasteiger partial charge on any atom is -0.477 e. The molecule has 2 aliphatic rings. The zero-order chi connectivity index (χ0) is 16.0. The fourth-order valence-electron chi connectivity index (χ4n) is 2.34. The van der Waals surface area contributed by atoms with E-state index in [1.807, 2.05) is 6.92 Å². The monoisotopic (exact) mass is 341 g/mol. The van der Waals surface area contributed by atoms with E-state index in [4.69, 9.17) is 5.73 Å². The summed E-state index contributed by atoms with van der Waals surface area (Å²) in [4.78, 5) is 28.9. The van der Waals surface area contributed by atoms with Crippen LogP contribution in [0.4, 0.5) is 0 Å². The molecule has 0 aromatic carbocycles. The number of aryl methyl sites for hydroxylation is 2. The molecule has 2 unspecified atom stereocenters. The maximum atomic E-state index is 11.8. The number of carbonyl (C=O) groups excluding carboxylic acids is 1. The topological polar surface area (TPSA) is 114 Å². The molecule has 0 saturated carbocycles. The molecule has 8 nitrogen and oxygen atoms in total. The molecule has 3 rings (SSSR count). The fraction of sp³-hybridized carbons (Fsp3) is 0.500. The lowest BCUT2D eigenvalue weighted by Gasteiger charge is -2.48. The number of carboxylic acid groups (broad SMARTS) is 1. The zero-order valence-corrected chi connectivity index (χ0v) is 13.6. The quantitative estimate of drug-likeness (QED) is 0.571. The first kappa shape index (κ1) is 15.4. The molecular formula is C12H15N5O3S2. The summed E-state index contributed by atoms with van der Waals surface area (Å²) in [6.45, 7) is 1.85. The molecule has 3 N–H and O–H groups in total. The second-order valence-electron chi connectivity index (χ2n) is 5.05. The van der Waals surface area contributed by atoms with Crippen molar-refractivity contribution in [1.29, 1.82) is 0 Å². The minimum atomic E-state index is -1.09. The summed E-state index contributed by atoms with van der Waals surface area (Å²) in [5, 5.41) is 14.0. The lowest BCUT2D eigenvalue weighted by Crippen LogP contribution is -2.68. The molecule has 22 heavy (non-hydrogen) atoms. The highest BCUT2D eigenvalue weighted by Crippen LogP contribution is 2.40. The Morgan fingerprint density at radius 2 is 2.32 bits per heavy atom. The predicted octanol–water partition coefficient (Wildman–Crippen LogP) is -0.203.